The van der Waals surface area contributed by atoms with E-state index < -0.39 is 102 Å². The summed E-state index contributed by atoms with van der Waals surface area (Å²) in [6, 6.07) is 28.5. The normalized spacial score (nSPS) is 28.0. The molecule has 0 aromatic heterocycles. The molecule has 3 saturated heterocycles. The van der Waals surface area contributed by atoms with Gasteiger partial charge < -0.3 is 57.8 Å². The van der Waals surface area contributed by atoms with Crippen molar-refractivity contribution >= 4 is 75.2 Å². The maximum absolute atomic E-state index is 13.6. The van der Waals surface area contributed by atoms with Gasteiger partial charge in [-0.1, -0.05) is 120 Å². The number of carbonyl (C=O) groups excluding carboxylic acids is 5. The molecule has 0 aliphatic carbocycles. The number of amides is 1. The number of hydrogen-bond donors (Lipinski definition) is 2. The highest BCUT2D eigenvalue weighted by Crippen LogP contribution is 2.39. The van der Waals surface area contributed by atoms with Crippen molar-refractivity contribution in [3.05, 3.63) is 120 Å². The Morgan fingerprint density at radius 2 is 1.47 bits per heavy atom. The number of aliphatic hydroxyl groups is 1. The van der Waals surface area contributed by atoms with Gasteiger partial charge in [0.25, 0.3) is 9.70 Å². The van der Waals surface area contributed by atoms with Gasteiger partial charge in [0.1, 0.15) is 36.2 Å². The quantitative estimate of drug-likeness (QED) is 0.0949. The largest absolute Gasteiger partial charge is 0.467 e. The van der Waals surface area contributed by atoms with Gasteiger partial charge in [-0.3, -0.25) is 9.59 Å². The molecule has 3 fully saturated rings. The van der Waals surface area contributed by atoms with Gasteiger partial charge in [-0.05, 0) is 41.5 Å². The third-order valence-electron chi connectivity index (χ3n) is 10.6. The summed E-state index contributed by atoms with van der Waals surface area (Å²) >= 11 is 18.3. The third-order valence-corrected chi connectivity index (χ3v) is 11.2. The number of ether oxygens (including phenoxy) is 9. The van der Waals surface area contributed by atoms with E-state index in [9.17, 15) is 29.1 Å². The molecule has 0 radical (unpaired) electrons. The summed E-state index contributed by atoms with van der Waals surface area (Å²) in [5.41, 5.74) is 1.39. The van der Waals surface area contributed by atoms with Crippen molar-refractivity contribution in [1.82, 2.24) is 5.32 Å². The lowest BCUT2D eigenvalue weighted by Crippen LogP contribution is -2.70. The lowest BCUT2D eigenvalue weighted by atomic mass is 9.94. The van der Waals surface area contributed by atoms with E-state index in [1.165, 1.54) is 19.1 Å². The van der Waals surface area contributed by atoms with E-state index >= 15 is 0 Å². The van der Waals surface area contributed by atoms with Crippen molar-refractivity contribution in [2.24, 2.45) is 0 Å². The van der Waals surface area contributed by atoms with E-state index in [0.717, 1.165) is 23.4 Å². The van der Waals surface area contributed by atoms with Crippen LogP contribution in [0.3, 0.4) is 0 Å². The van der Waals surface area contributed by atoms with Crippen LogP contribution in [0, 0.1) is 0 Å². The molecule has 2 N–H and O–H groups in total. The fourth-order valence-electron chi connectivity index (χ4n) is 7.47. The Bertz CT molecular complexity index is 2280. The van der Waals surface area contributed by atoms with Crippen LogP contribution in [0.4, 0.5) is 0 Å². The number of ketones is 1. The van der Waals surface area contributed by atoms with Crippen molar-refractivity contribution in [1.29, 1.82) is 0 Å². The predicted octanol–water partition coefficient (Wildman–Crippen LogP) is 5.20. The van der Waals surface area contributed by atoms with Crippen LogP contribution in [-0.4, -0.2) is 114 Å². The molecule has 0 spiro atoms. The van der Waals surface area contributed by atoms with Crippen LogP contribution in [0.25, 0.3) is 10.8 Å². The first-order valence-electron chi connectivity index (χ1n) is 20.2. The van der Waals surface area contributed by atoms with Crippen LogP contribution in [0.5, 0.6) is 0 Å². The molecular weight excluding hydrogens is 901 g/mol. The molecule has 3 heterocycles. The van der Waals surface area contributed by atoms with Crippen molar-refractivity contribution in [3.63, 3.8) is 0 Å². The molecule has 340 valence electrons. The van der Waals surface area contributed by atoms with E-state index in [0.29, 0.717) is 5.56 Å². The predicted molar refractivity (Wildman–Crippen MR) is 227 cm³/mol. The SMILES string of the molecule is COC(=O)[C@H]1O[C@@H](O[C@@H]2[C@@H](NC(=O)C(Cl)(Cl)Cl)[C@H](OCc3ccc4ccccc4c3)O[C@@H]3COC(c4ccccc4)O[C@@H]23)[C@H](O)[C@@H](OC(=O)c2ccccc2)[C@@H]1OC(=O)CCC(C)=O. The highest BCUT2D eigenvalue weighted by Gasteiger charge is 2.58. The summed E-state index contributed by atoms with van der Waals surface area (Å²) in [5.74, 6) is -4.50. The van der Waals surface area contributed by atoms with Gasteiger partial charge in [0.05, 0.1) is 32.3 Å². The summed E-state index contributed by atoms with van der Waals surface area (Å²) in [5, 5.41) is 16.7. The highest BCUT2D eigenvalue weighted by molar-refractivity contribution is 6.76. The summed E-state index contributed by atoms with van der Waals surface area (Å²) in [6.07, 6.45) is -16.2. The summed E-state index contributed by atoms with van der Waals surface area (Å²) in [4.78, 5) is 65.5. The number of methoxy groups -OCH3 is 1. The number of halogens is 3. The number of hydrogen-bond acceptors (Lipinski definition) is 15. The smallest absolute Gasteiger partial charge is 0.339 e. The van der Waals surface area contributed by atoms with Gasteiger partial charge in [-0.15, -0.1) is 0 Å². The summed E-state index contributed by atoms with van der Waals surface area (Å²) in [7, 11) is 1.04. The molecule has 4 aromatic rings. The fraction of sp³-hybridized carbons (Fsp3) is 0.400. The zero-order valence-corrected chi connectivity index (χ0v) is 36.6. The van der Waals surface area contributed by atoms with Gasteiger partial charge in [-0.25, -0.2) is 9.59 Å². The molecular formula is C45H44Cl3NO15. The molecule has 7 rings (SSSR count). The number of nitrogens with one attached hydrogen (secondary N) is 1. The molecule has 1 amide bonds. The Hall–Kier alpha value is -4.72. The lowest BCUT2D eigenvalue weighted by molar-refractivity contribution is -0.376. The Kier molecular flexibility index (Phi) is 15.5. The minimum Gasteiger partial charge on any atom is -0.467 e. The molecule has 19 heteroatoms. The molecule has 0 bridgehead atoms. The molecule has 64 heavy (non-hydrogen) atoms. The summed E-state index contributed by atoms with van der Waals surface area (Å²) < 4.78 is 52.0. The molecule has 0 saturated carbocycles. The topological polar surface area (TPSA) is 201 Å². The first-order valence-corrected chi connectivity index (χ1v) is 21.3. The second-order valence-corrected chi connectivity index (χ2v) is 17.4. The van der Waals surface area contributed by atoms with Crippen molar-refractivity contribution in [2.75, 3.05) is 13.7 Å². The average Bonchev–Trinajstić information content (AvgIpc) is 3.29. The number of fused-ring (bicyclic) bond motifs is 2. The number of alkyl halides is 3. The monoisotopic (exact) mass is 943 g/mol. The van der Waals surface area contributed by atoms with E-state index in [1.54, 1.807) is 48.5 Å². The number of carbonyl (C=O) groups is 5. The van der Waals surface area contributed by atoms with Crippen LogP contribution in [0.1, 0.15) is 47.5 Å². The van der Waals surface area contributed by atoms with Crippen molar-refractivity contribution < 1.29 is 71.7 Å². The number of esters is 3. The standard InChI is InChI=1S/C45H44Cl3NO15/c1-24(50)17-20-31(51)60-37-36(61-39(53)27-12-5-3-6-13-27)33(52)43(64-38(37)40(54)56-2)63-35-32(49-44(55)45(46,47)48)42(57-22-25-18-19-26-11-9-10-16-29(26)21-25)59-30-23-58-41(62-34(30)35)28-14-7-4-8-15-28/h3-16,18-19,21,30,32-38,41-43,52H,17,20,22-23H2,1-2H3,(H,49,55)/t30-,32-,33-,34-,35-,36-,37+,38+,41?,42-,43-/m1/s1. The summed E-state index contributed by atoms with van der Waals surface area (Å²) in [6.45, 7) is 1.12. The van der Waals surface area contributed by atoms with Crippen LogP contribution in [0.15, 0.2) is 103 Å². The van der Waals surface area contributed by atoms with Crippen LogP contribution in [-0.2, 0) is 68.4 Å². The maximum Gasteiger partial charge on any atom is 0.339 e. The van der Waals surface area contributed by atoms with Crippen molar-refractivity contribution in [2.45, 2.75) is 97.8 Å². The molecule has 3 aliphatic rings. The van der Waals surface area contributed by atoms with E-state index in [2.05, 4.69) is 5.32 Å². The van der Waals surface area contributed by atoms with E-state index in [4.69, 9.17) is 77.4 Å². The molecule has 3 aliphatic heterocycles. The Balaban J connectivity index is 1.26. The van der Waals surface area contributed by atoms with Crippen LogP contribution >= 0.6 is 34.8 Å². The highest BCUT2D eigenvalue weighted by atomic mass is 35.6. The molecule has 11 atom stereocenters. The second-order valence-electron chi connectivity index (χ2n) is 15.1. The minimum absolute atomic E-state index is 0.0469. The molecule has 16 nitrogen and oxygen atoms in total. The zero-order valence-electron chi connectivity index (χ0n) is 34.3. The molecule has 4 aromatic carbocycles. The molecule has 1 unspecified atom stereocenters. The van der Waals surface area contributed by atoms with Gasteiger partial charge in [-0.2, -0.15) is 0 Å². The number of Topliss-reactive ketones (excluding diaryl/α,β-unsaturated/α-hetero) is 1. The van der Waals surface area contributed by atoms with Gasteiger partial charge in [0, 0.05) is 12.0 Å². The van der Waals surface area contributed by atoms with Gasteiger partial charge >= 0.3 is 17.9 Å². The lowest BCUT2D eigenvalue weighted by Gasteiger charge is -2.51. The van der Waals surface area contributed by atoms with E-state index in [-0.39, 0.29) is 31.0 Å². The van der Waals surface area contributed by atoms with Gasteiger partial charge in [0.15, 0.2) is 37.2 Å². The second kappa shape index (κ2) is 21.1. The van der Waals surface area contributed by atoms with Crippen molar-refractivity contribution in [3.8, 4) is 0 Å². The number of aliphatic hydroxyl groups excluding tert-OH is 1. The maximum atomic E-state index is 13.6. The van der Waals surface area contributed by atoms with Crippen LogP contribution < -0.4 is 5.32 Å². The fourth-order valence-corrected chi connectivity index (χ4v) is 7.63. The van der Waals surface area contributed by atoms with Crippen LogP contribution in [0.2, 0.25) is 0 Å². The van der Waals surface area contributed by atoms with Gasteiger partial charge in [0.2, 0.25) is 0 Å². The first-order chi connectivity index (χ1) is 30.7. The average molecular weight is 945 g/mol. The Morgan fingerprint density at radius 3 is 2.16 bits per heavy atom. The third kappa shape index (κ3) is 11.4. The first kappa shape index (κ1) is 47.2. The Morgan fingerprint density at radius 1 is 0.781 bits per heavy atom. The van der Waals surface area contributed by atoms with E-state index in [1.807, 2.05) is 42.5 Å². The minimum atomic E-state index is -2.51. The number of benzene rings is 4. The zero-order chi connectivity index (χ0) is 45.5. The Labute approximate surface area is 382 Å². The number of rotatable bonds is 14.